The van der Waals surface area contributed by atoms with Gasteiger partial charge in [0.15, 0.2) is 5.78 Å². The Morgan fingerprint density at radius 2 is 1.67 bits per heavy atom. The summed E-state index contributed by atoms with van der Waals surface area (Å²) in [5.41, 5.74) is 0. The number of unbranched alkanes of at least 4 members (excludes halogenated alkanes) is 1. The van der Waals surface area contributed by atoms with Crippen LogP contribution in [0.2, 0.25) is 0 Å². The van der Waals surface area contributed by atoms with E-state index in [2.05, 4.69) is 32.1 Å². The molecule has 132 valence electrons. The van der Waals surface area contributed by atoms with E-state index in [-0.39, 0.29) is 5.78 Å². The van der Waals surface area contributed by atoms with E-state index in [1.165, 1.54) is 0 Å². The maximum absolute atomic E-state index is 11.5. The van der Waals surface area contributed by atoms with Crippen LogP contribution in [-0.2, 0) is 4.79 Å². The molecule has 0 spiro atoms. The molecule has 0 unspecified atom stereocenters. The zero-order valence-corrected chi connectivity index (χ0v) is 15.1. The van der Waals surface area contributed by atoms with Crippen LogP contribution in [0.25, 0.3) is 0 Å². The smallest absolute Gasteiger partial charge is 0.159 e. The molecular formula is C22H32O2. The molecule has 0 heterocycles. The van der Waals surface area contributed by atoms with Gasteiger partial charge in [-0.05, 0) is 31.8 Å². The summed E-state index contributed by atoms with van der Waals surface area (Å²) in [5, 5.41) is 9.77. The molecule has 0 aliphatic heterocycles. The number of rotatable bonds is 13. The van der Waals surface area contributed by atoms with Crippen LogP contribution < -0.4 is 0 Å². The third-order valence-corrected chi connectivity index (χ3v) is 3.11. The normalized spacial score (nSPS) is 14.5. The van der Waals surface area contributed by atoms with Crippen molar-refractivity contribution in [3.8, 4) is 0 Å². The van der Waals surface area contributed by atoms with E-state index < -0.39 is 6.10 Å². The fourth-order valence-electron chi connectivity index (χ4n) is 1.79. The first-order chi connectivity index (χ1) is 11.7. The average Bonchev–Trinajstić information content (AvgIpc) is 2.58. The topological polar surface area (TPSA) is 37.3 Å². The highest BCUT2D eigenvalue weighted by Crippen LogP contribution is 1.98. The van der Waals surface area contributed by atoms with Crippen LogP contribution in [0.4, 0.5) is 0 Å². The Kier molecular flexibility index (Phi) is 16.0. The molecule has 2 heteroatoms. The number of hydrogen-bond donors (Lipinski definition) is 1. The van der Waals surface area contributed by atoms with Crippen molar-refractivity contribution in [2.24, 2.45) is 0 Å². The van der Waals surface area contributed by atoms with Gasteiger partial charge in [0.25, 0.3) is 0 Å². The van der Waals surface area contributed by atoms with Crippen molar-refractivity contribution in [3.05, 3.63) is 72.9 Å². The molecule has 0 aromatic heterocycles. The van der Waals surface area contributed by atoms with Gasteiger partial charge >= 0.3 is 0 Å². The molecule has 24 heavy (non-hydrogen) atoms. The van der Waals surface area contributed by atoms with Crippen LogP contribution in [0.5, 0.6) is 0 Å². The molecule has 1 atom stereocenters. The summed E-state index contributed by atoms with van der Waals surface area (Å²) < 4.78 is 0. The molecule has 0 radical (unpaired) electrons. The molecule has 0 aromatic carbocycles. The Labute approximate surface area is 147 Å². The molecule has 0 rings (SSSR count). The third kappa shape index (κ3) is 16.4. The van der Waals surface area contributed by atoms with E-state index in [0.29, 0.717) is 12.8 Å². The highest BCUT2D eigenvalue weighted by atomic mass is 16.3. The summed E-state index contributed by atoms with van der Waals surface area (Å²) in [6.45, 7) is 4.22. The van der Waals surface area contributed by atoms with E-state index in [1.54, 1.807) is 30.4 Å². The third-order valence-electron chi connectivity index (χ3n) is 3.11. The lowest BCUT2D eigenvalue weighted by molar-refractivity contribution is -0.113. The SMILES string of the molecule is CCC=CCC=CC[C@H](O)C=CC=CC=CC(=O)CC=CCCC. The molecule has 0 saturated heterocycles. The second-order valence-electron chi connectivity index (χ2n) is 5.45. The Bertz CT molecular complexity index is 476. The average molecular weight is 328 g/mol. The van der Waals surface area contributed by atoms with E-state index in [1.807, 2.05) is 24.3 Å². The van der Waals surface area contributed by atoms with Gasteiger partial charge in [-0.15, -0.1) is 0 Å². The lowest BCUT2D eigenvalue weighted by Gasteiger charge is -1.98. The quantitative estimate of drug-likeness (QED) is 0.270. The lowest BCUT2D eigenvalue weighted by atomic mass is 10.2. The van der Waals surface area contributed by atoms with Crippen molar-refractivity contribution in [1.82, 2.24) is 0 Å². The van der Waals surface area contributed by atoms with Crippen LogP contribution >= 0.6 is 0 Å². The van der Waals surface area contributed by atoms with Crippen LogP contribution in [0, 0.1) is 0 Å². The minimum absolute atomic E-state index is 0.0956. The number of carbonyl (C=O) groups excluding carboxylic acids is 1. The highest BCUT2D eigenvalue weighted by Gasteiger charge is 1.92. The van der Waals surface area contributed by atoms with E-state index in [9.17, 15) is 9.90 Å². The molecule has 1 N–H and O–H groups in total. The predicted octanol–water partition coefficient (Wildman–Crippen LogP) is 5.63. The van der Waals surface area contributed by atoms with Crippen molar-refractivity contribution < 1.29 is 9.90 Å². The zero-order chi connectivity index (χ0) is 17.9. The fraction of sp³-hybridized carbons (Fsp3) is 0.409. The number of aliphatic hydroxyl groups is 1. The number of allylic oxidation sites excluding steroid dienone is 10. The van der Waals surface area contributed by atoms with E-state index in [0.717, 1.165) is 25.7 Å². The van der Waals surface area contributed by atoms with Crippen molar-refractivity contribution in [2.75, 3.05) is 0 Å². The second kappa shape index (κ2) is 17.4. The first-order valence-corrected chi connectivity index (χ1v) is 8.88. The van der Waals surface area contributed by atoms with Gasteiger partial charge in [-0.3, -0.25) is 4.79 Å². The Balaban J connectivity index is 3.91. The summed E-state index contributed by atoms with van der Waals surface area (Å²) in [4.78, 5) is 11.5. The number of hydrogen-bond acceptors (Lipinski definition) is 2. The Hall–Kier alpha value is -1.93. The van der Waals surface area contributed by atoms with Crippen molar-refractivity contribution in [2.45, 2.75) is 58.5 Å². The highest BCUT2D eigenvalue weighted by molar-refractivity contribution is 5.90. The second-order valence-corrected chi connectivity index (χ2v) is 5.45. The van der Waals surface area contributed by atoms with Gasteiger partial charge in [0.05, 0.1) is 6.10 Å². The molecule has 0 aromatic rings. The van der Waals surface area contributed by atoms with Crippen LogP contribution in [0.15, 0.2) is 72.9 Å². The minimum atomic E-state index is -0.477. The van der Waals surface area contributed by atoms with Gasteiger partial charge < -0.3 is 5.11 Å². The van der Waals surface area contributed by atoms with Crippen LogP contribution in [-0.4, -0.2) is 17.0 Å². The zero-order valence-electron chi connectivity index (χ0n) is 15.1. The Morgan fingerprint density at radius 1 is 0.917 bits per heavy atom. The summed E-state index contributed by atoms with van der Waals surface area (Å²) in [5.74, 6) is 0.0956. The first kappa shape index (κ1) is 22.1. The van der Waals surface area contributed by atoms with Crippen molar-refractivity contribution in [3.63, 3.8) is 0 Å². The Morgan fingerprint density at radius 3 is 2.42 bits per heavy atom. The first-order valence-electron chi connectivity index (χ1n) is 8.88. The molecule has 0 fully saturated rings. The molecule has 0 amide bonds. The van der Waals surface area contributed by atoms with Gasteiger partial charge in [0.1, 0.15) is 0 Å². The van der Waals surface area contributed by atoms with Gasteiger partial charge in [0.2, 0.25) is 0 Å². The maximum atomic E-state index is 11.5. The number of carbonyl (C=O) groups is 1. The summed E-state index contributed by atoms with van der Waals surface area (Å²) >= 11 is 0. The largest absolute Gasteiger partial charge is 0.389 e. The lowest BCUT2D eigenvalue weighted by Crippen LogP contribution is -1.98. The van der Waals surface area contributed by atoms with Gasteiger partial charge in [0, 0.05) is 6.42 Å². The molecule has 0 aliphatic rings. The molecule has 2 nitrogen and oxygen atoms in total. The van der Waals surface area contributed by atoms with Crippen molar-refractivity contribution in [1.29, 1.82) is 0 Å². The minimum Gasteiger partial charge on any atom is -0.389 e. The fourth-order valence-corrected chi connectivity index (χ4v) is 1.79. The number of aliphatic hydroxyl groups excluding tert-OH is 1. The summed E-state index contributed by atoms with van der Waals surface area (Å²) in [7, 11) is 0. The molecule has 0 saturated carbocycles. The van der Waals surface area contributed by atoms with Gasteiger partial charge in [-0.1, -0.05) is 87.1 Å². The van der Waals surface area contributed by atoms with Crippen LogP contribution in [0.1, 0.15) is 52.4 Å². The predicted molar refractivity (Wildman–Crippen MR) is 105 cm³/mol. The maximum Gasteiger partial charge on any atom is 0.159 e. The molecular weight excluding hydrogens is 296 g/mol. The van der Waals surface area contributed by atoms with E-state index in [4.69, 9.17) is 0 Å². The summed E-state index contributed by atoms with van der Waals surface area (Å²) in [6.07, 6.45) is 27.4. The van der Waals surface area contributed by atoms with Crippen LogP contribution in [0.3, 0.4) is 0 Å². The molecule has 0 aliphatic carbocycles. The standard InChI is InChI=1S/C22H32O2/c1-3-5-7-9-10-14-18-22(24)20-16-12-11-15-19-21(23)17-13-8-6-4-2/h5,7-8,10-16,19-20,22,24H,3-4,6,9,17-18H2,1-2H3/t22-/m0/s1. The molecule has 0 bridgehead atoms. The summed E-state index contributed by atoms with van der Waals surface area (Å²) in [6, 6.07) is 0. The van der Waals surface area contributed by atoms with Gasteiger partial charge in [-0.25, -0.2) is 0 Å². The monoisotopic (exact) mass is 328 g/mol. The van der Waals surface area contributed by atoms with Crippen molar-refractivity contribution >= 4 is 5.78 Å². The van der Waals surface area contributed by atoms with Gasteiger partial charge in [-0.2, -0.15) is 0 Å². The number of ketones is 1. The van der Waals surface area contributed by atoms with E-state index >= 15 is 0 Å².